The Morgan fingerprint density at radius 2 is 2.00 bits per heavy atom. The molecule has 6 nitrogen and oxygen atoms in total. The molecule has 30 heavy (non-hydrogen) atoms. The van der Waals surface area contributed by atoms with Gasteiger partial charge in [0, 0.05) is 18.8 Å². The number of ether oxygens (including phenoxy) is 2. The highest BCUT2D eigenvalue weighted by molar-refractivity contribution is 5.96. The van der Waals surface area contributed by atoms with Gasteiger partial charge in [-0.2, -0.15) is 0 Å². The molecule has 0 aromatic heterocycles. The molecule has 0 amide bonds. The van der Waals surface area contributed by atoms with Crippen molar-refractivity contribution >= 4 is 17.5 Å². The summed E-state index contributed by atoms with van der Waals surface area (Å²) < 4.78 is 10.9. The molecule has 0 spiro atoms. The van der Waals surface area contributed by atoms with Crippen molar-refractivity contribution in [3.63, 3.8) is 0 Å². The van der Waals surface area contributed by atoms with E-state index in [1.165, 1.54) is 12.5 Å². The first-order valence-corrected chi connectivity index (χ1v) is 11.4. The molecule has 8 unspecified atom stereocenters. The van der Waals surface area contributed by atoms with Crippen molar-refractivity contribution in [3.8, 4) is 0 Å². The van der Waals surface area contributed by atoms with E-state index in [9.17, 15) is 19.5 Å². The molecule has 5 rings (SSSR count). The molecular weight excluding hydrogens is 384 g/mol. The Bertz CT molecular complexity index is 847. The normalized spacial score (nSPS) is 47.2. The minimum atomic E-state index is -1.34. The summed E-state index contributed by atoms with van der Waals surface area (Å²) in [5, 5.41) is 10.4. The lowest BCUT2D eigenvalue weighted by atomic mass is 9.46. The summed E-state index contributed by atoms with van der Waals surface area (Å²) in [5.74, 6) is 0.890. The zero-order valence-corrected chi connectivity index (χ0v) is 18.1. The minimum absolute atomic E-state index is 0.0950. The number of hydrogen-bond acceptors (Lipinski definition) is 6. The number of carbonyl (C=O) groups is 3. The molecule has 1 aliphatic heterocycles. The zero-order chi connectivity index (χ0) is 21.5. The van der Waals surface area contributed by atoms with E-state index in [-0.39, 0.29) is 35.1 Å². The average Bonchev–Trinajstić information content (AvgIpc) is 3.38. The molecule has 0 radical (unpaired) electrons. The number of epoxide rings is 1. The Morgan fingerprint density at radius 3 is 2.73 bits per heavy atom. The first-order chi connectivity index (χ1) is 14.1. The Balaban J connectivity index is 1.40. The van der Waals surface area contributed by atoms with Gasteiger partial charge in [-0.15, -0.1) is 0 Å². The third-order valence-corrected chi connectivity index (χ3v) is 9.51. The number of fused-ring (bicyclic) bond motifs is 7. The highest BCUT2D eigenvalue weighted by atomic mass is 16.6. The zero-order valence-electron chi connectivity index (χ0n) is 18.1. The second-order valence-electron chi connectivity index (χ2n) is 10.7. The van der Waals surface area contributed by atoms with Gasteiger partial charge in [0.25, 0.3) is 0 Å². The number of hydrogen-bond donors (Lipinski definition) is 1. The topological polar surface area (TPSA) is 93.2 Å². The second-order valence-corrected chi connectivity index (χ2v) is 10.7. The number of allylic oxidation sites excluding steroid dienone is 1. The Hall–Kier alpha value is -1.53. The van der Waals surface area contributed by atoms with E-state index in [4.69, 9.17) is 9.47 Å². The van der Waals surface area contributed by atoms with Crippen LogP contribution in [-0.4, -0.2) is 47.1 Å². The quantitative estimate of drug-likeness (QED) is 0.560. The van der Waals surface area contributed by atoms with E-state index in [0.717, 1.165) is 38.5 Å². The number of esters is 1. The smallest absolute Gasteiger partial charge is 0.302 e. The van der Waals surface area contributed by atoms with Gasteiger partial charge in [0.2, 0.25) is 0 Å². The van der Waals surface area contributed by atoms with Gasteiger partial charge in [-0.25, -0.2) is 0 Å². The molecule has 164 valence electrons. The van der Waals surface area contributed by atoms with Gasteiger partial charge >= 0.3 is 5.97 Å². The lowest BCUT2D eigenvalue weighted by molar-refractivity contribution is -0.154. The molecule has 1 heterocycles. The van der Waals surface area contributed by atoms with Gasteiger partial charge in [-0.3, -0.25) is 14.4 Å². The van der Waals surface area contributed by atoms with E-state index in [1.54, 1.807) is 0 Å². The summed E-state index contributed by atoms with van der Waals surface area (Å²) in [6.45, 7) is 5.49. The SMILES string of the molecule is CC(=O)OCC(O)C(=O)C12OC1CC1C3CCC4=CC(=O)CCC4(C)C3CCC12C. The molecule has 1 saturated heterocycles. The highest BCUT2D eigenvalue weighted by Crippen LogP contribution is 2.73. The van der Waals surface area contributed by atoms with Crippen LogP contribution in [0.3, 0.4) is 0 Å². The van der Waals surface area contributed by atoms with Crippen LogP contribution in [0, 0.1) is 28.6 Å². The van der Waals surface area contributed by atoms with Crippen molar-refractivity contribution in [1.29, 1.82) is 0 Å². The number of ketones is 2. The summed E-state index contributed by atoms with van der Waals surface area (Å²) in [7, 11) is 0. The van der Waals surface area contributed by atoms with Crippen LogP contribution in [0.1, 0.15) is 65.7 Å². The van der Waals surface area contributed by atoms with Gasteiger partial charge < -0.3 is 14.6 Å². The predicted octanol–water partition coefficient (Wildman–Crippen LogP) is 2.76. The van der Waals surface area contributed by atoms with Crippen molar-refractivity contribution in [1.82, 2.24) is 0 Å². The van der Waals surface area contributed by atoms with Crippen LogP contribution in [0.5, 0.6) is 0 Å². The van der Waals surface area contributed by atoms with Crippen molar-refractivity contribution in [2.24, 2.45) is 28.6 Å². The van der Waals surface area contributed by atoms with E-state index in [0.29, 0.717) is 24.2 Å². The fraction of sp³-hybridized carbons (Fsp3) is 0.792. The van der Waals surface area contributed by atoms with Gasteiger partial charge in [0.05, 0.1) is 6.10 Å². The van der Waals surface area contributed by atoms with Crippen molar-refractivity contribution in [2.45, 2.75) is 83.5 Å². The fourth-order valence-electron chi connectivity index (χ4n) is 7.93. The highest BCUT2D eigenvalue weighted by Gasteiger charge is 2.80. The summed E-state index contributed by atoms with van der Waals surface area (Å²) in [6.07, 6.45) is 6.82. The first kappa shape index (κ1) is 20.4. The van der Waals surface area contributed by atoms with Crippen LogP contribution < -0.4 is 0 Å². The maximum absolute atomic E-state index is 13.3. The molecule has 0 aromatic carbocycles. The van der Waals surface area contributed by atoms with Crippen molar-refractivity contribution in [3.05, 3.63) is 11.6 Å². The standard InChI is InChI=1S/C24H32O6/c1-13(25)29-12-19(27)21(28)24-20(30-24)11-18-16-5-4-14-10-15(26)6-8-22(14,2)17(16)7-9-23(18,24)3/h10,16-20,27H,4-9,11-12H2,1-3H3. The van der Waals surface area contributed by atoms with Crippen molar-refractivity contribution in [2.75, 3.05) is 6.61 Å². The van der Waals surface area contributed by atoms with Crippen LogP contribution in [0.15, 0.2) is 11.6 Å². The Morgan fingerprint density at radius 1 is 1.23 bits per heavy atom. The lowest BCUT2D eigenvalue weighted by Gasteiger charge is -2.58. The summed E-state index contributed by atoms with van der Waals surface area (Å²) in [5.41, 5.74) is 0.208. The first-order valence-electron chi connectivity index (χ1n) is 11.4. The van der Waals surface area contributed by atoms with E-state index in [2.05, 4.69) is 13.8 Å². The molecule has 0 bridgehead atoms. The fourth-order valence-corrected chi connectivity index (χ4v) is 7.93. The molecule has 0 aromatic rings. The van der Waals surface area contributed by atoms with Crippen molar-refractivity contribution < 1.29 is 29.0 Å². The van der Waals surface area contributed by atoms with E-state index < -0.39 is 17.7 Å². The van der Waals surface area contributed by atoms with E-state index >= 15 is 0 Å². The van der Waals surface area contributed by atoms with Gasteiger partial charge in [-0.1, -0.05) is 19.4 Å². The lowest BCUT2D eigenvalue weighted by Crippen LogP contribution is -2.56. The molecule has 4 fully saturated rings. The summed E-state index contributed by atoms with van der Waals surface area (Å²) in [6, 6.07) is 0. The van der Waals surface area contributed by atoms with Crippen LogP contribution in [0.2, 0.25) is 0 Å². The van der Waals surface area contributed by atoms with Gasteiger partial charge in [0.1, 0.15) is 12.7 Å². The molecule has 5 aliphatic rings. The van der Waals surface area contributed by atoms with E-state index in [1.807, 2.05) is 6.08 Å². The molecule has 4 aliphatic carbocycles. The molecule has 3 saturated carbocycles. The molecule has 6 heteroatoms. The van der Waals surface area contributed by atoms with Gasteiger partial charge in [-0.05, 0) is 67.8 Å². The van der Waals surface area contributed by atoms with Crippen LogP contribution >= 0.6 is 0 Å². The Kier molecular flexibility index (Phi) is 4.41. The number of rotatable bonds is 4. The summed E-state index contributed by atoms with van der Waals surface area (Å²) in [4.78, 5) is 36.3. The number of carbonyl (C=O) groups excluding carboxylic acids is 3. The third-order valence-electron chi connectivity index (χ3n) is 9.51. The molecular formula is C24H32O6. The third kappa shape index (κ3) is 2.52. The second kappa shape index (κ2) is 6.49. The summed E-state index contributed by atoms with van der Waals surface area (Å²) >= 11 is 0. The maximum atomic E-state index is 13.3. The monoisotopic (exact) mass is 416 g/mol. The maximum Gasteiger partial charge on any atom is 0.302 e. The van der Waals surface area contributed by atoms with Crippen LogP contribution in [-0.2, 0) is 23.9 Å². The largest absolute Gasteiger partial charge is 0.463 e. The minimum Gasteiger partial charge on any atom is -0.463 e. The number of Topliss-reactive ketones (excluding diaryl/α,β-unsaturated/α-hetero) is 1. The predicted molar refractivity (Wildman–Crippen MR) is 107 cm³/mol. The van der Waals surface area contributed by atoms with Crippen LogP contribution in [0.4, 0.5) is 0 Å². The van der Waals surface area contributed by atoms with Gasteiger partial charge in [0.15, 0.2) is 17.2 Å². The molecule has 8 atom stereocenters. The molecule has 1 N–H and O–H groups in total. The number of aliphatic hydroxyl groups is 1. The average molecular weight is 417 g/mol. The number of aliphatic hydroxyl groups excluding tert-OH is 1. The Labute approximate surface area is 177 Å². The van der Waals surface area contributed by atoms with Crippen LogP contribution in [0.25, 0.3) is 0 Å².